The molecular weight excluding hydrogens is 254 g/mol. The molecule has 2 aromatic heterocycles. The Balaban J connectivity index is 1.89. The van der Waals surface area contributed by atoms with Gasteiger partial charge in [-0.25, -0.2) is 0 Å². The van der Waals surface area contributed by atoms with E-state index >= 15 is 0 Å². The lowest BCUT2D eigenvalue weighted by atomic mass is 10.1. The zero-order valence-corrected chi connectivity index (χ0v) is 10.4. The number of ether oxygens (including phenoxy) is 1. The van der Waals surface area contributed by atoms with Gasteiger partial charge in [0, 0.05) is 17.5 Å². The summed E-state index contributed by atoms with van der Waals surface area (Å²) < 4.78 is 10.4. The quantitative estimate of drug-likeness (QED) is 0.789. The smallest absolute Gasteiger partial charge is 0.134 e. The third kappa shape index (κ3) is 1.93. The van der Waals surface area contributed by atoms with Gasteiger partial charge in [0.2, 0.25) is 0 Å². The second kappa shape index (κ2) is 4.34. The predicted octanol–water partition coefficient (Wildman–Crippen LogP) is 3.09. The average molecular weight is 264 g/mol. The first-order valence-electron chi connectivity index (χ1n) is 5.40. The highest BCUT2D eigenvalue weighted by Crippen LogP contribution is 2.28. The molecule has 0 saturated heterocycles. The van der Waals surface area contributed by atoms with Crippen molar-refractivity contribution in [1.82, 2.24) is 15.4 Å². The molecule has 0 aliphatic heterocycles. The number of halogens is 1. The minimum Gasteiger partial charge on any atom is -0.487 e. The van der Waals surface area contributed by atoms with Crippen molar-refractivity contribution in [3.63, 3.8) is 0 Å². The molecule has 6 heteroatoms. The third-order valence-electron chi connectivity index (χ3n) is 2.67. The number of hydrogen-bond donors (Lipinski definition) is 1. The number of rotatable bonds is 3. The molecule has 0 fully saturated rings. The number of nitrogens with one attached hydrogen (secondary N) is 1. The normalized spacial score (nSPS) is 11.0. The highest BCUT2D eigenvalue weighted by Gasteiger charge is 2.08. The number of aromatic nitrogens is 3. The molecule has 1 aromatic carbocycles. The Kier molecular flexibility index (Phi) is 2.68. The van der Waals surface area contributed by atoms with Crippen LogP contribution in [-0.2, 0) is 6.61 Å². The van der Waals surface area contributed by atoms with Gasteiger partial charge in [-0.2, -0.15) is 5.10 Å². The van der Waals surface area contributed by atoms with Crippen LogP contribution < -0.4 is 4.74 Å². The van der Waals surface area contributed by atoms with Crippen molar-refractivity contribution in [2.75, 3.05) is 0 Å². The van der Waals surface area contributed by atoms with E-state index in [2.05, 4.69) is 15.4 Å². The third-order valence-corrected chi connectivity index (χ3v) is 2.96. The molecule has 0 aliphatic carbocycles. The summed E-state index contributed by atoms with van der Waals surface area (Å²) in [6, 6.07) is 5.56. The van der Waals surface area contributed by atoms with Crippen LogP contribution in [0.1, 0.15) is 11.3 Å². The van der Waals surface area contributed by atoms with Crippen LogP contribution in [0.2, 0.25) is 5.15 Å². The molecule has 0 bridgehead atoms. The van der Waals surface area contributed by atoms with Crippen LogP contribution in [0.25, 0.3) is 10.9 Å². The van der Waals surface area contributed by atoms with Crippen LogP contribution in [0.3, 0.4) is 0 Å². The van der Waals surface area contributed by atoms with E-state index in [0.29, 0.717) is 11.8 Å². The number of aryl methyl sites for hydroxylation is 1. The lowest BCUT2D eigenvalue weighted by Crippen LogP contribution is -1.97. The van der Waals surface area contributed by atoms with Crippen LogP contribution >= 0.6 is 11.6 Å². The van der Waals surface area contributed by atoms with Crippen molar-refractivity contribution in [2.24, 2.45) is 0 Å². The number of aromatic amines is 1. The SMILES string of the molecule is Cc1cc2c(Cl)[nH]nc2cc1OCc1ccon1. The minimum atomic E-state index is 0.362. The maximum Gasteiger partial charge on any atom is 0.134 e. The van der Waals surface area contributed by atoms with Crippen molar-refractivity contribution >= 4 is 22.5 Å². The molecule has 1 N–H and O–H groups in total. The fraction of sp³-hybridized carbons (Fsp3) is 0.167. The maximum absolute atomic E-state index is 5.97. The summed E-state index contributed by atoms with van der Waals surface area (Å²) >= 11 is 5.97. The summed E-state index contributed by atoms with van der Waals surface area (Å²) in [4.78, 5) is 0. The van der Waals surface area contributed by atoms with Gasteiger partial charge in [-0.15, -0.1) is 0 Å². The molecule has 2 heterocycles. The van der Waals surface area contributed by atoms with Crippen molar-refractivity contribution in [2.45, 2.75) is 13.5 Å². The first-order valence-corrected chi connectivity index (χ1v) is 5.78. The van der Waals surface area contributed by atoms with Crippen LogP contribution in [0, 0.1) is 6.92 Å². The summed E-state index contributed by atoms with van der Waals surface area (Å²) in [5.74, 6) is 0.758. The molecule has 0 unspecified atom stereocenters. The molecule has 18 heavy (non-hydrogen) atoms. The first-order chi connectivity index (χ1) is 8.74. The molecule has 3 rings (SSSR count). The van der Waals surface area contributed by atoms with Gasteiger partial charge in [-0.3, -0.25) is 5.10 Å². The summed E-state index contributed by atoms with van der Waals surface area (Å²) in [5, 5.41) is 12.0. The monoisotopic (exact) mass is 263 g/mol. The van der Waals surface area contributed by atoms with Gasteiger partial charge >= 0.3 is 0 Å². The highest BCUT2D eigenvalue weighted by atomic mass is 35.5. The number of hydrogen-bond acceptors (Lipinski definition) is 4. The minimum absolute atomic E-state index is 0.362. The fourth-order valence-electron chi connectivity index (χ4n) is 1.73. The van der Waals surface area contributed by atoms with E-state index in [1.165, 1.54) is 6.26 Å². The number of H-pyrrole nitrogens is 1. The maximum atomic E-state index is 5.97. The fourth-order valence-corrected chi connectivity index (χ4v) is 1.93. The zero-order valence-electron chi connectivity index (χ0n) is 9.61. The van der Waals surface area contributed by atoms with Crippen molar-refractivity contribution in [1.29, 1.82) is 0 Å². The Bertz CT molecular complexity index is 676. The van der Waals surface area contributed by atoms with Crippen LogP contribution in [0.5, 0.6) is 5.75 Å². The predicted molar refractivity (Wildman–Crippen MR) is 66.7 cm³/mol. The summed E-state index contributed by atoms with van der Waals surface area (Å²) in [6.07, 6.45) is 1.52. The Labute approximate surface area is 108 Å². The Morgan fingerprint density at radius 1 is 1.44 bits per heavy atom. The van der Waals surface area contributed by atoms with Gasteiger partial charge in [-0.1, -0.05) is 16.8 Å². The molecule has 5 nitrogen and oxygen atoms in total. The average Bonchev–Trinajstić information content (AvgIpc) is 2.98. The molecule has 0 aliphatic rings. The van der Waals surface area contributed by atoms with Gasteiger partial charge in [0.25, 0.3) is 0 Å². The van der Waals surface area contributed by atoms with E-state index in [1.54, 1.807) is 6.07 Å². The molecule has 0 spiro atoms. The first kappa shape index (κ1) is 11.1. The zero-order chi connectivity index (χ0) is 12.5. The summed E-state index contributed by atoms with van der Waals surface area (Å²) in [5.41, 5.74) is 2.52. The lowest BCUT2D eigenvalue weighted by Gasteiger charge is -2.07. The van der Waals surface area contributed by atoms with Crippen LogP contribution in [0.15, 0.2) is 29.0 Å². The van der Waals surface area contributed by atoms with Crippen LogP contribution in [0.4, 0.5) is 0 Å². The van der Waals surface area contributed by atoms with Gasteiger partial charge in [0.05, 0.1) is 5.52 Å². The largest absolute Gasteiger partial charge is 0.487 e. The molecule has 0 radical (unpaired) electrons. The second-order valence-electron chi connectivity index (χ2n) is 3.95. The molecule has 0 atom stereocenters. The number of nitrogens with zero attached hydrogens (tertiary/aromatic N) is 2. The van der Waals surface area contributed by atoms with Gasteiger partial charge < -0.3 is 9.26 Å². The second-order valence-corrected chi connectivity index (χ2v) is 4.33. The Hall–Kier alpha value is -2.01. The van der Waals surface area contributed by atoms with Gasteiger partial charge in [-0.05, 0) is 18.6 Å². The number of fused-ring (bicyclic) bond motifs is 1. The lowest BCUT2D eigenvalue weighted by molar-refractivity contribution is 0.288. The van der Waals surface area contributed by atoms with E-state index in [-0.39, 0.29) is 0 Å². The summed E-state index contributed by atoms with van der Waals surface area (Å²) in [6.45, 7) is 2.32. The molecule has 0 saturated carbocycles. The molecule has 3 aromatic rings. The van der Waals surface area contributed by atoms with E-state index in [4.69, 9.17) is 20.9 Å². The van der Waals surface area contributed by atoms with Crippen molar-refractivity contribution < 1.29 is 9.26 Å². The van der Waals surface area contributed by atoms with Crippen molar-refractivity contribution in [3.8, 4) is 5.75 Å². The molecular formula is C12H10ClN3O2. The summed E-state index contributed by atoms with van der Waals surface area (Å²) in [7, 11) is 0. The highest BCUT2D eigenvalue weighted by molar-refractivity contribution is 6.34. The Morgan fingerprint density at radius 2 is 2.33 bits per heavy atom. The number of benzene rings is 1. The van der Waals surface area contributed by atoms with Gasteiger partial charge in [0.1, 0.15) is 29.5 Å². The van der Waals surface area contributed by atoms with Gasteiger partial charge in [0.15, 0.2) is 0 Å². The molecule has 0 amide bonds. The standard InChI is InChI=1S/C12H10ClN3O2/c1-7-4-9-10(14-15-12(9)13)5-11(7)17-6-8-2-3-18-16-8/h2-5H,6H2,1H3,(H,14,15). The van der Waals surface area contributed by atoms with E-state index in [9.17, 15) is 0 Å². The van der Waals surface area contributed by atoms with E-state index < -0.39 is 0 Å². The van der Waals surface area contributed by atoms with E-state index in [1.807, 2.05) is 19.1 Å². The topological polar surface area (TPSA) is 63.9 Å². The Morgan fingerprint density at radius 3 is 3.11 bits per heavy atom. The van der Waals surface area contributed by atoms with Crippen molar-refractivity contribution in [3.05, 3.63) is 40.9 Å². The van der Waals surface area contributed by atoms with E-state index in [0.717, 1.165) is 27.9 Å². The molecule has 92 valence electrons. The van der Waals surface area contributed by atoms with Crippen LogP contribution in [-0.4, -0.2) is 15.4 Å².